The molecule has 0 radical (unpaired) electrons. The van der Waals surface area contributed by atoms with Crippen LogP contribution in [0.4, 0.5) is 14.9 Å². The Morgan fingerprint density at radius 1 is 1.20 bits per heavy atom. The Kier molecular flexibility index (Phi) is 8.79. The summed E-state index contributed by atoms with van der Waals surface area (Å²) in [4.78, 5) is 23.2. The van der Waals surface area contributed by atoms with Crippen LogP contribution in [0.15, 0.2) is 36.5 Å². The van der Waals surface area contributed by atoms with Crippen molar-refractivity contribution in [3.8, 4) is 23.4 Å². The lowest BCUT2D eigenvalue weighted by Gasteiger charge is -2.51. The molecule has 1 amide bonds. The second-order valence-corrected chi connectivity index (χ2v) is 14.3. The third-order valence-electron chi connectivity index (χ3n) is 8.11. The number of carbonyl (C=O) groups excluding carboxylic acids is 1. The molecule has 2 fully saturated rings. The van der Waals surface area contributed by atoms with Gasteiger partial charge in [0.2, 0.25) is 5.88 Å². The van der Waals surface area contributed by atoms with Crippen molar-refractivity contribution in [2.24, 2.45) is 5.41 Å². The number of likely N-dealkylation sites (tertiary alicyclic amines) is 1. The summed E-state index contributed by atoms with van der Waals surface area (Å²) >= 11 is 0. The number of ether oxygens (including phenoxy) is 3. The molecule has 0 atom stereocenters. The van der Waals surface area contributed by atoms with E-state index in [0.717, 1.165) is 36.1 Å². The van der Waals surface area contributed by atoms with Crippen LogP contribution in [0.3, 0.4) is 0 Å². The fraction of sp³-hybridized carbons (Fsp3) is 0.484. The van der Waals surface area contributed by atoms with Crippen molar-refractivity contribution in [2.45, 2.75) is 65.1 Å². The smallest absolute Gasteiger partial charge is 0.410 e. The maximum absolute atomic E-state index is 14.9. The lowest BCUT2D eigenvalue weighted by molar-refractivity contribution is -0.0596. The quantitative estimate of drug-likeness (QED) is 0.332. The third kappa shape index (κ3) is 7.20. The number of nitrogens with one attached hydrogen (secondary N) is 1. The summed E-state index contributed by atoms with van der Waals surface area (Å²) in [5.74, 6) is -0.744. The summed E-state index contributed by atoms with van der Waals surface area (Å²) in [5, 5.41) is 9.78. The molecule has 240 valence electrons. The molecule has 2 aromatic carbocycles. The van der Waals surface area contributed by atoms with E-state index in [1.54, 1.807) is 36.2 Å². The summed E-state index contributed by atoms with van der Waals surface area (Å²) in [6.07, 6.45) is 4.71. The normalized spacial score (nSPS) is 16.7. The number of nitrogens with zero attached hydrogens (tertiary/aromatic N) is 5. The van der Waals surface area contributed by atoms with Crippen LogP contribution in [-0.4, -0.2) is 72.1 Å². The van der Waals surface area contributed by atoms with Gasteiger partial charge in [0.1, 0.15) is 29.1 Å². The molecule has 45 heavy (non-hydrogen) atoms. The van der Waals surface area contributed by atoms with Gasteiger partial charge in [-0.05, 0) is 76.1 Å². The number of anilines is 1. The lowest BCUT2D eigenvalue weighted by atomic mass is 9.61. The molecule has 1 saturated heterocycles. The van der Waals surface area contributed by atoms with Crippen LogP contribution in [0.25, 0.3) is 11.0 Å². The van der Waals surface area contributed by atoms with Gasteiger partial charge in [-0.3, -0.25) is 4.72 Å². The Labute approximate surface area is 262 Å². The Bertz CT molecular complexity index is 1740. The standard InChI is InChI=1S/C31H37FN6O6S/c1-6-37(5)45(40,41)36-24-10-8-23(32)28(22(24)18-33)43-20-7-9-25-26(15-20)35-27(19-34-25)42-21-16-31(17-21)11-13-38(14-12-31)29(39)44-30(2,3)4/h7-10,15,19,21,36H,6,11-14,16-17H2,1-5H3. The van der Waals surface area contributed by atoms with E-state index in [-0.39, 0.29) is 41.2 Å². The highest BCUT2D eigenvalue weighted by Gasteiger charge is 2.48. The van der Waals surface area contributed by atoms with Crippen molar-refractivity contribution in [1.82, 2.24) is 19.2 Å². The molecule has 1 N–H and O–H groups in total. The predicted octanol–water partition coefficient (Wildman–Crippen LogP) is 5.60. The monoisotopic (exact) mass is 640 g/mol. The minimum Gasteiger partial charge on any atom is -0.473 e. The van der Waals surface area contributed by atoms with Crippen molar-refractivity contribution >= 4 is 33.0 Å². The molecule has 1 aliphatic heterocycles. The van der Waals surface area contributed by atoms with Gasteiger partial charge in [-0.15, -0.1) is 0 Å². The highest BCUT2D eigenvalue weighted by Crippen LogP contribution is 2.50. The molecule has 2 heterocycles. The number of nitriles is 1. The number of aromatic nitrogens is 2. The molecule has 3 aromatic rings. The fourth-order valence-corrected chi connectivity index (χ4v) is 6.45. The van der Waals surface area contributed by atoms with Gasteiger partial charge in [0.15, 0.2) is 11.6 Å². The summed E-state index contributed by atoms with van der Waals surface area (Å²) < 4.78 is 60.7. The van der Waals surface area contributed by atoms with E-state index in [2.05, 4.69) is 14.7 Å². The Balaban J connectivity index is 1.25. The summed E-state index contributed by atoms with van der Waals surface area (Å²) in [6.45, 7) is 8.74. The second kappa shape index (κ2) is 12.3. The van der Waals surface area contributed by atoms with Crippen molar-refractivity contribution in [3.63, 3.8) is 0 Å². The maximum atomic E-state index is 14.9. The maximum Gasteiger partial charge on any atom is 0.410 e. The van der Waals surface area contributed by atoms with Gasteiger partial charge in [0.05, 0.1) is 22.9 Å². The Morgan fingerprint density at radius 2 is 1.91 bits per heavy atom. The van der Waals surface area contributed by atoms with Crippen LogP contribution in [0, 0.1) is 22.6 Å². The summed E-state index contributed by atoms with van der Waals surface area (Å²) in [7, 11) is -2.58. The first-order valence-corrected chi connectivity index (χ1v) is 16.2. The van der Waals surface area contributed by atoms with Crippen LogP contribution in [0.2, 0.25) is 0 Å². The Morgan fingerprint density at radius 3 is 2.56 bits per heavy atom. The molecule has 5 rings (SSSR count). The molecule has 12 nitrogen and oxygen atoms in total. The number of carbonyl (C=O) groups is 1. The van der Waals surface area contributed by atoms with Gasteiger partial charge in [0, 0.05) is 32.7 Å². The van der Waals surface area contributed by atoms with Crippen LogP contribution in [0.1, 0.15) is 58.9 Å². The van der Waals surface area contributed by atoms with Crippen molar-refractivity contribution < 1.29 is 31.8 Å². The van der Waals surface area contributed by atoms with Gasteiger partial charge < -0.3 is 19.1 Å². The lowest BCUT2D eigenvalue weighted by Crippen LogP contribution is -2.52. The topological polar surface area (TPSA) is 147 Å². The van der Waals surface area contributed by atoms with E-state index in [4.69, 9.17) is 14.2 Å². The van der Waals surface area contributed by atoms with E-state index in [0.29, 0.717) is 30.0 Å². The molecular weight excluding hydrogens is 603 g/mol. The zero-order valence-electron chi connectivity index (χ0n) is 26.0. The number of fused-ring (bicyclic) bond motifs is 1. The summed E-state index contributed by atoms with van der Waals surface area (Å²) in [6, 6.07) is 8.79. The van der Waals surface area contributed by atoms with Gasteiger partial charge >= 0.3 is 16.3 Å². The first kappa shape index (κ1) is 32.2. The molecule has 1 saturated carbocycles. The SMILES string of the molecule is CCN(C)S(=O)(=O)Nc1ccc(F)c(Oc2ccc3ncc(OC4CC5(CCN(C(=O)OC(C)(C)C)CC5)C4)nc3c2)c1C#N. The molecule has 1 spiro atoms. The van der Waals surface area contributed by atoms with Crippen LogP contribution in [-0.2, 0) is 14.9 Å². The molecular formula is C31H37FN6O6S. The number of rotatable bonds is 8. The number of piperidine rings is 1. The van der Waals surface area contributed by atoms with E-state index in [1.807, 2.05) is 26.8 Å². The molecule has 14 heteroatoms. The zero-order valence-corrected chi connectivity index (χ0v) is 26.8. The molecule has 0 unspecified atom stereocenters. The number of hydrogen-bond acceptors (Lipinski definition) is 9. The third-order valence-corrected chi connectivity index (χ3v) is 9.67. The number of hydrogen-bond donors (Lipinski definition) is 1. The first-order chi connectivity index (χ1) is 21.2. The summed E-state index contributed by atoms with van der Waals surface area (Å²) in [5.41, 5.74) is 0.182. The van der Waals surface area contributed by atoms with Crippen LogP contribution < -0.4 is 14.2 Å². The molecule has 2 aliphatic rings. The fourth-order valence-electron chi connectivity index (χ4n) is 5.51. The highest BCUT2D eigenvalue weighted by atomic mass is 32.2. The number of benzene rings is 2. The first-order valence-electron chi connectivity index (χ1n) is 14.8. The molecule has 1 aliphatic carbocycles. The van der Waals surface area contributed by atoms with Gasteiger partial charge in [-0.2, -0.15) is 18.0 Å². The van der Waals surface area contributed by atoms with Gasteiger partial charge in [-0.25, -0.2) is 19.2 Å². The van der Waals surface area contributed by atoms with Crippen molar-refractivity contribution in [3.05, 3.63) is 47.9 Å². The van der Waals surface area contributed by atoms with E-state index in [9.17, 15) is 22.9 Å². The largest absolute Gasteiger partial charge is 0.473 e. The second-order valence-electron chi connectivity index (χ2n) is 12.5. The average molecular weight is 641 g/mol. The van der Waals surface area contributed by atoms with E-state index >= 15 is 0 Å². The molecule has 1 aromatic heterocycles. The van der Waals surface area contributed by atoms with Crippen molar-refractivity contribution in [1.29, 1.82) is 5.26 Å². The van der Waals surface area contributed by atoms with Gasteiger partial charge in [0.25, 0.3) is 0 Å². The number of amides is 1. The van der Waals surface area contributed by atoms with Gasteiger partial charge in [-0.1, -0.05) is 6.92 Å². The Hall–Kier alpha value is -4.22. The van der Waals surface area contributed by atoms with Crippen molar-refractivity contribution in [2.75, 3.05) is 31.4 Å². The van der Waals surface area contributed by atoms with Crippen LogP contribution in [0.5, 0.6) is 17.4 Å². The number of halogens is 1. The highest BCUT2D eigenvalue weighted by molar-refractivity contribution is 7.90. The minimum absolute atomic E-state index is 0.0326. The zero-order chi connectivity index (χ0) is 32.6. The van der Waals surface area contributed by atoms with E-state index < -0.39 is 27.4 Å². The predicted molar refractivity (Wildman–Crippen MR) is 165 cm³/mol. The average Bonchev–Trinajstić information content (AvgIpc) is 2.96. The van der Waals surface area contributed by atoms with Crippen LogP contribution >= 0.6 is 0 Å². The minimum atomic E-state index is -3.96. The molecule has 0 bridgehead atoms. The van der Waals surface area contributed by atoms with E-state index in [1.165, 1.54) is 13.1 Å².